The molecule has 0 aliphatic carbocycles. The van der Waals surface area contributed by atoms with Gasteiger partial charge in [-0.05, 0) is 30.7 Å². The molecule has 0 fully saturated rings. The van der Waals surface area contributed by atoms with E-state index in [0.29, 0.717) is 16.4 Å². The lowest BCUT2D eigenvalue weighted by Crippen LogP contribution is -2.31. The van der Waals surface area contributed by atoms with Crippen LogP contribution in [0.1, 0.15) is 17.4 Å². The summed E-state index contributed by atoms with van der Waals surface area (Å²) in [6, 6.07) is 8.64. The molecule has 0 radical (unpaired) electrons. The molecule has 0 saturated heterocycles. The van der Waals surface area contributed by atoms with Crippen molar-refractivity contribution in [2.24, 2.45) is 0 Å². The van der Waals surface area contributed by atoms with Crippen LogP contribution in [0.5, 0.6) is 0 Å². The molecule has 0 bridgehead atoms. The highest BCUT2D eigenvalue weighted by atomic mass is 35.5. The Labute approximate surface area is 137 Å². The zero-order valence-electron chi connectivity index (χ0n) is 12.3. The molecule has 8 heteroatoms. The van der Waals surface area contributed by atoms with E-state index in [0.717, 1.165) is 0 Å². The van der Waals surface area contributed by atoms with Gasteiger partial charge in [0.15, 0.2) is 0 Å². The first-order valence-electron chi connectivity index (χ1n) is 6.85. The topological polar surface area (TPSA) is 109 Å². The summed E-state index contributed by atoms with van der Waals surface area (Å²) in [5.74, 6) is 0.333. The van der Waals surface area contributed by atoms with E-state index in [1.165, 1.54) is 19.1 Å². The highest BCUT2D eigenvalue weighted by Gasteiger charge is 2.21. The molecule has 1 heterocycles. The van der Waals surface area contributed by atoms with Crippen LogP contribution in [0, 0.1) is 17.0 Å². The molecule has 2 rings (SSSR count). The number of hydrogen-bond donors (Lipinski definition) is 3. The van der Waals surface area contributed by atoms with Gasteiger partial charge in [0.1, 0.15) is 17.6 Å². The molecule has 1 aromatic heterocycles. The van der Waals surface area contributed by atoms with Gasteiger partial charge in [0, 0.05) is 11.1 Å². The Kier molecular flexibility index (Phi) is 5.49. The van der Waals surface area contributed by atoms with Crippen molar-refractivity contribution < 1.29 is 15.1 Å². The first kappa shape index (κ1) is 17.1. The Balaban J connectivity index is 2.17. The third-order valence-electron chi connectivity index (χ3n) is 3.38. The number of aliphatic hydroxyl groups excluding tert-OH is 2. The molecule has 2 aromatic rings. The molecule has 0 aliphatic heterocycles. The molecule has 0 amide bonds. The highest BCUT2D eigenvalue weighted by molar-refractivity contribution is 6.30. The van der Waals surface area contributed by atoms with Crippen LogP contribution in [0.25, 0.3) is 0 Å². The van der Waals surface area contributed by atoms with Crippen molar-refractivity contribution in [3.05, 3.63) is 62.8 Å². The van der Waals surface area contributed by atoms with Crippen LogP contribution in [0.15, 0.2) is 36.4 Å². The summed E-state index contributed by atoms with van der Waals surface area (Å²) in [4.78, 5) is 14.3. The van der Waals surface area contributed by atoms with Gasteiger partial charge in [-0.25, -0.2) is 4.98 Å². The number of aliphatic hydroxyl groups is 2. The summed E-state index contributed by atoms with van der Waals surface area (Å²) in [6.07, 6.45) is -0.991. The minimum atomic E-state index is -0.991. The lowest BCUT2D eigenvalue weighted by atomic mass is 10.0. The van der Waals surface area contributed by atoms with E-state index in [9.17, 15) is 20.3 Å². The normalized spacial score (nSPS) is 13.4. The Morgan fingerprint density at radius 2 is 1.96 bits per heavy atom. The number of aromatic nitrogens is 1. The van der Waals surface area contributed by atoms with Crippen molar-refractivity contribution in [1.82, 2.24) is 4.98 Å². The molecule has 3 N–H and O–H groups in total. The van der Waals surface area contributed by atoms with Crippen molar-refractivity contribution in [2.75, 3.05) is 11.9 Å². The van der Waals surface area contributed by atoms with E-state index in [1.54, 1.807) is 24.3 Å². The van der Waals surface area contributed by atoms with Crippen LogP contribution in [-0.4, -0.2) is 32.8 Å². The van der Waals surface area contributed by atoms with E-state index < -0.39 is 17.1 Å². The second kappa shape index (κ2) is 7.36. The molecular weight excluding hydrogens is 322 g/mol. The van der Waals surface area contributed by atoms with Gasteiger partial charge >= 0.3 is 0 Å². The smallest absolute Gasteiger partial charge is 0.290 e. The number of nitrogens with one attached hydrogen (secondary N) is 1. The number of nitro groups is 1. The van der Waals surface area contributed by atoms with Gasteiger partial charge in [-0.2, -0.15) is 0 Å². The predicted octanol–water partition coefficient (Wildman–Crippen LogP) is 2.46. The van der Waals surface area contributed by atoms with E-state index in [4.69, 9.17) is 11.6 Å². The van der Waals surface area contributed by atoms with Gasteiger partial charge < -0.3 is 15.5 Å². The summed E-state index contributed by atoms with van der Waals surface area (Å²) in [7, 11) is 0. The second-order valence-corrected chi connectivity index (χ2v) is 5.42. The summed E-state index contributed by atoms with van der Waals surface area (Å²) < 4.78 is 0. The molecule has 1 aromatic carbocycles. The first-order chi connectivity index (χ1) is 10.9. The van der Waals surface area contributed by atoms with Crippen molar-refractivity contribution >= 4 is 23.1 Å². The van der Waals surface area contributed by atoms with Crippen LogP contribution in [-0.2, 0) is 0 Å². The number of hydrogen-bond acceptors (Lipinski definition) is 6. The molecule has 23 heavy (non-hydrogen) atoms. The largest absolute Gasteiger partial charge is 0.394 e. The van der Waals surface area contributed by atoms with Crippen LogP contribution in [0.3, 0.4) is 0 Å². The quantitative estimate of drug-likeness (QED) is 0.552. The second-order valence-electron chi connectivity index (χ2n) is 4.99. The first-order valence-corrected chi connectivity index (χ1v) is 7.23. The average molecular weight is 338 g/mol. The fourth-order valence-electron chi connectivity index (χ4n) is 2.13. The standard InChI is InChI=1S/C15H16ClN3O4/c1-9-13(19(22)23)6-7-14(17-9)18-12(8-20)15(21)10-2-4-11(16)5-3-10/h2-7,12,15,20-21H,8H2,1H3,(H,17,18)/t12-,15+/m1/s1. The lowest BCUT2D eigenvalue weighted by molar-refractivity contribution is -0.385. The maximum Gasteiger partial charge on any atom is 0.290 e. The van der Waals surface area contributed by atoms with Gasteiger partial charge in [-0.15, -0.1) is 0 Å². The highest BCUT2D eigenvalue weighted by Crippen LogP contribution is 2.23. The summed E-state index contributed by atoms with van der Waals surface area (Å²) >= 11 is 5.81. The number of aryl methyl sites for hydroxylation is 1. The van der Waals surface area contributed by atoms with E-state index in [1.807, 2.05) is 0 Å². The van der Waals surface area contributed by atoms with E-state index in [2.05, 4.69) is 10.3 Å². The molecule has 122 valence electrons. The molecule has 0 spiro atoms. The zero-order chi connectivity index (χ0) is 17.0. The van der Waals surface area contributed by atoms with Gasteiger partial charge in [0.25, 0.3) is 5.69 Å². The predicted molar refractivity (Wildman–Crippen MR) is 86.5 cm³/mol. The average Bonchev–Trinajstić information content (AvgIpc) is 2.52. The maximum atomic E-state index is 10.8. The molecular formula is C15H16ClN3O4. The molecule has 0 saturated carbocycles. The SMILES string of the molecule is Cc1nc(N[C@H](CO)[C@@H](O)c2ccc(Cl)cc2)ccc1[N+](=O)[O-]. The minimum absolute atomic E-state index is 0.0886. The van der Waals surface area contributed by atoms with Crippen LogP contribution in [0.4, 0.5) is 11.5 Å². The third kappa shape index (κ3) is 4.16. The fourth-order valence-corrected chi connectivity index (χ4v) is 2.26. The number of anilines is 1. The maximum absolute atomic E-state index is 10.8. The van der Waals surface area contributed by atoms with Crippen molar-refractivity contribution in [2.45, 2.75) is 19.1 Å². The number of benzene rings is 1. The number of pyridine rings is 1. The molecule has 2 atom stereocenters. The number of rotatable bonds is 6. The van der Waals surface area contributed by atoms with Crippen LogP contribution in [0.2, 0.25) is 5.02 Å². The fraction of sp³-hybridized carbons (Fsp3) is 0.267. The summed E-state index contributed by atoms with van der Waals surface area (Å²) in [6.45, 7) is 1.17. The lowest BCUT2D eigenvalue weighted by Gasteiger charge is -2.23. The Morgan fingerprint density at radius 1 is 1.30 bits per heavy atom. The summed E-state index contributed by atoms with van der Waals surface area (Å²) in [5.41, 5.74) is 0.742. The minimum Gasteiger partial charge on any atom is -0.394 e. The van der Waals surface area contributed by atoms with Crippen LogP contribution >= 0.6 is 11.6 Å². The monoisotopic (exact) mass is 337 g/mol. The Bertz CT molecular complexity index is 694. The van der Waals surface area contributed by atoms with E-state index in [-0.39, 0.29) is 18.0 Å². The van der Waals surface area contributed by atoms with E-state index >= 15 is 0 Å². The molecule has 0 unspecified atom stereocenters. The van der Waals surface area contributed by atoms with Crippen molar-refractivity contribution in [3.63, 3.8) is 0 Å². The third-order valence-corrected chi connectivity index (χ3v) is 3.63. The zero-order valence-corrected chi connectivity index (χ0v) is 13.1. The van der Waals surface area contributed by atoms with Gasteiger partial charge in [-0.1, -0.05) is 23.7 Å². The number of nitrogens with zero attached hydrogens (tertiary/aromatic N) is 2. The van der Waals surface area contributed by atoms with Gasteiger partial charge in [-0.3, -0.25) is 10.1 Å². The molecule has 7 nitrogen and oxygen atoms in total. The summed E-state index contributed by atoms with van der Waals surface area (Å²) in [5, 5.41) is 34.1. The Hall–Kier alpha value is -2.22. The van der Waals surface area contributed by atoms with Crippen LogP contribution < -0.4 is 5.32 Å². The Morgan fingerprint density at radius 3 is 2.48 bits per heavy atom. The molecule has 0 aliphatic rings. The van der Waals surface area contributed by atoms with Crippen molar-refractivity contribution in [1.29, 1.82) is 0 Å². The van der Waals surface area contributed by atoms with Gasteiger partial charge in [0.05, 0.1) is 17.6 Å². The van der Waals surface area contributed by atoms with Gasteiger partial charge in [0.2, 0.25) is 0 Å². The number of halogens is 1. The van der Waals surface area contributed by atoms with Crippen molar-refractivity contribution in [3.8, 4) is 0 Å².